The quantitative estimate of drug-likeness (QED) is 0.886. The Kier molecular flexibility index (Phi) is 4.51. The van der Waals surface area contributed by atoms with E-state index in [-0.39, 0.29) is 11.3 Å². The molecule has 0 aliphatic carbocycles. The maximum absolute atomic E-state index is 11.8. The predicted octanol–water partition coefficient (Wildman–Crippen LogP) is 0.938. The Morgan fingerprint density at radius 1 is 1.47 bits per heavy atom. The van der Waals surface area contributed by atoms with Crippen LogP contribution in [-0.2, 0) is 14.6 Å². The predicted molar refractivity (Wildman–Crippen MR) is 70.6 cm³/mol. The van der Waals surface area contributed by atoms with Crippen LogP contribution >= 0.6 is 0 Å². The number of hydrogen-bond donors (Lipinski definition) is 1. The SMILES string of the molecule is COc1cccc(C#N)c1NC(=O)C(C)S(C)(=O)=O. The molecule has 0 fully saturated rings. The van der Waals surface area contributed by atoms with Crippen molar-refractivity contribution in [3.63, 3.8) is 0 Å². The molecule has 0 aliphatic heterocycles. The molecule has 0 aromatic heterocycles. The smallest absolute Gasteiger partial charge is 0.242 e. The van der Waals surface area contributed by atoms with E-state index >= 15 is 0 Å². The zero-order chi connectivity index (χ0) is 14.6. The van der Waals surface area contributed by atoms with Gasteiger partial charge in [-0.15, -0.1) is 0 Å². The highest BCUT2D eigenvalue weighted by Crippen LogP contribution is 2.28. The first-order valence-corrected chi connectivity index (χ1v) is 7.33. The molecule has 7 heteroatoms. The largest absolute Gasteiger partial charge is 0.495 e. The van der Waals surface area contributed by atoms with Crippen molar-refractivity contribution in [3.8, 4) is 11.8 Å². The van der Waals surface area contributed by atoms with Crippen LogP contribution in [0.3, 0.4) is 0 Å². The highest BCUT2D eigenvalue weighted by molar-refractivity contribution is 7.92. The Labute approximate surface area is 111 Å². The molecule has 19 heavy (non-hydrogen) atoms. The fourth-order valence-corrected chi connectivity index (χ4v) is 1.79. The summed E-state index contributed by atoms with van der Waals surface area (Å²) in [5, 5.41) is 10.2. The molecule has 0 saturated carbocycles. The number of rotatable bonds is 4. The lowest BCUT2D eigenvalue weighted by Gasteiger charge is -2.14. The zero-order valence-electron chi connectivity index (χ0n) is 10.8. The second kappa shape index (κ2) is 5.71. The third-order valence-corrected chi connectivity index (χ3v) is 4.12. The first-order valence-electron chi connectivity index (χ1n) is 5.38. The molecule has 0 spiro atoms. The third-order valence-electron chi connectivity index (χ3n) is 2.63. The van der Waals surface area contributed by atoms with Gasteiger partial charge in [-0.25, -0.2) is 8.42 Å². The van der Waals surface area contributed by atoms with Crippen LogP contribution < -0.4 is 10.1 Å². The van der Waals surface area contributed by atoms with Gasteiger partial charge >= 0.3 is 0 Å². The highest BCUT2D eigenvalue weighted by Gasteiger charge is 2.25. The van der Waals surface area contributed by atoms with Crippen LogP contribution in [-0.4, -0.2) is 32.9 Å². The van der Waals surface area contributed by atoms with Crippen LogP contribution in [0.25, 0.3) is 0 Å². The number of carbonyl (C=O) groups excluding carboxylic acids is 1. The van der Waals surface area contributed by atoms with Crippen LogP contribution in [0.4, 0.5) is 5.69 Å². The number of ether oxygens (including phenoxy) is 1. The molecule has 1 unspecified atom stereocenters. The van der Waals surface area contributed by atoms with E-state index in [4.69, 9.17) is 10.00 Å². The van der Waals surface area contributed by atoms with Gasteiger partial charge in [0, 0.05) is 6.26 Å². The minimum atomic E-state index is -3.50. The molecule has 1 N–H and O–H groups in total. The summed E-state index contributed by atoms with van der Waals surface area (Å²) in [4.78, 5) is 11.8. The summed E-state index contributed by atoms with van der Waals surface area (Å²) in [5.41, 5.74) is 0.376. The molecule has 1 atom stereocenters. The van der Waals surface area contributed by atoms with Crippen molar-refractivity contribution in [2.75, 3.05) is 18.7 Å². The maximum Gasteiger partial charge on any atom is 0.242 e. The van der Waals surface area contributed by atoms with Crippen LogP contribution in [0.2, 0.25) is 0 Å². The van der Waals surface area contributed by atoms with Crippen molar-refractivity contribution < 1.29 is 17.9 Å². The van der Waals surface area contributed by atoms with Gasteiger partial charge in [0.15, 0.2) is 9.84 Å². The number of methoxy groups -OCH3 is 1. The molecule has 1 aromatic rings. The van der Waals surface area contributed by atoms with Gasteiger partial charge in [0.25, 0.3) is 0 Å². The van der Waals surface area contributed by atoms with Gasteiger partial charge in [-0.3, -0.25) is 4.79 Å². The molecule has 1 amide bonds. The normalized spacial score (nSPS) is 12.3. The molecule has 0 bridgehead atoms. The Balaban J connectivity index is 3.13. The molecule has 1 aromatic carbocycles. The number of sulfone groups is 1. The average molecular weight is 282 g/mol. The molecule has 0 heterocycles. The van der Waals surface area contributed by atoms with Crippen molar-refractivity contribution in [2.24, 2.45) is 0 Å². The monoisotopic (exact) mass is 282 g/mol. The van der Waals surface area contributed by atoms with Crippen molar-refractivity contribution in [1.82, 2.24) is 0 Å². The number of carbonyl (C=O) groups is 1. The van der Waals surface area contributed by atoms with Crippen LogP contribution in [0.1, 0.15) is 12.5 Å². The Morgan fingerprint density at radius 3 is 2.58 bits per heavy atom. The van der Waals surface area contributed by atoms with E-state index in [9.17, 15) is 13.2 Å². The van der Waals surface area contributed by atoms with E-state index in [0.29, 0.717) is 5.75 Å². The van der Waals surface area contributed by atoms with Gasteiger partial charge < -0.3 is 10.1 Å². The number of para-hydroxylation sites is 1. The van der Waals surface area contributed by atoms with Crippen molar-refractivity contribution in [3.05, 3.63) is 23.8 Å². The average Bonchev–Trinajstić information content (AvgIpc) is 2.36. The van der Waals surface area contributed by atoms with E-state index in [0.717, 1.165) is 6.26 Å². The van der Waals surface area contributed by atoms with Gasteiger partial charge in [0.05, 0.1) is 12.7 Å². The number of amides is 1. The second-order valence-electron chi connectivity index (χ2n) is 3.96. The fourth-order valence-electron chi connectivity index (χ4n) is 1.34. The lowest BCUT2D eigenvalue weighted by molar-refractivity contribution is -0.115. The van der Waals surface area contributed by atoms with Crippen molar-refractivity contribution in [2.45, 2.75) is 12.2 Å². The molecule has 102 valence electrons. The minimum Gasteiger partial charge on any atom is -0.495 e. The number of benzene rings is 1. The number of nitrogens with one attached hydrogen (secondary N) is 1. The van der Waals surface area contributed by atoms with Gasteiger partial charge in [-0.05, 0) is 19.1 Å². The molecule has 0 radical (unpaired) electrons. The number of anilines is 1. The standard InChI is InChI=1S/C12H14N2O4S/c1-8(19(3,16)17)12(15)14-11-9(7-13)5-4-6-10(11)18-2/h4-6,8H,1-3H3,(H,14,15). The molecular weight excluding hydrogens is 268 g/mol. The molecule has 1 rings (SSSR count). The number of nitriles is 1. The van der Waals surface area contributed by atoms with Gasteiger partial charge in [-0.1, -0.05) is 6.07 Å². The summed E-state index contributed by atoms with van der Waals surface area (Å²) in [6, 6.07) is 6.59. The lowest BCUT2D eigenvalue weighted by atomic mass is 10.1. The Morgan fingerprint density at radius 2 is 2.11 bits per heavy atom. The van der Waals surface area contributed by atoms with E-state index < -0.39 is 21.0 Å². The summed E-state index contributed by atoms with van der Waals surface area (Å²) in [6.07, 6.45) is 0.977. The van der Waals surface area contributed by atoms with Crippen LogP contribution in [0.15, 0.2) is 18.2 Å². The Bertz CT molecular complexity index is 632. The van der Waals surface area contributed by atoms with Crippen molar-refractivity contribution in [1.29, 1.82) is 5.26 Å². The van der Waals surface area contributed by atoms with Crippen LogP contribution in [0.5, 0.6) is 5.75 Å². The summed E-state index contributed by atoms with van der Waals surface area (Å²) >= 11 is 0. The maximum atomic E-state index is 11.8. The van der Waals surface area contributed by atoms with Crippen molar-refractivity contribution >= 4 is 21.4 Å². The van der Waals surface area contributed by atoms with E-state index in [1.54, 1.807) is 12.1 Å². The van der Waals surface area contributed by atoms with Gasteiger partial charge in [0.1, 0.15) is 22.8 Å². The second-order valence-corrected chi connectivity index (χ2v) is 6.32. The summed E-state index contributed by atoms with van der Waals surface area (Å²) in [5.74, 6) is -0.406. The fraction of sp³-hybridized carbons (Fsp3) is 0.333. The first kappa shape index (κ1) is 15.0. The molecule has 6 nitrogen and oxygen atoms in total. The summed E-state index contributed by atoms with van der Waals surface area (Å²) in [6.45, 7) is 1.28. The van der Waals surface area contributed by atoms with E-state index in [2.05, 4.69) is 5.32 Å². The first-order chi connectivity index (χ1) is 8.81. The summed E-state index contributed by atoms with van der Waals surface area (Å²) in [7, 11) is -2.10. The zero-order valence-corrected chi connectivity index (χ0v) is 11.6. The summed E-state index contributed by atoms with van der Waals surface area (Å²) < 4.78 is 27.7. The third kappa shape index (κ3) is 3.45. The highest BCUT2D eigenvalue weighted by atomic mass is 32.2. The number of nitrogens with zero attached hydrogens (tertiary/aromatic N) is 1. The molecular formula is C12H14N2O4S. The number of hydrogen-bond acceptors (Lipinski definition) is 5. The van der Waals surface area contributed by atoms with E-state index in [1.807, 2.05) is 6.07 Å². The van der Waals surface area contributed by atoms with Crippen LogP contribution in [0, 0.1) is 11.3 Å². The van der Waals surface area contributed by atoms with Gasteiger partial charge in [-0.2, -0.15) is 5.26 Å². The molecule has 0 aliphatic rings. The molecule has 0 saturated heterocycles. The minimum absolute atomic E-state index is 0.174. The Hall–Kier alpha value is -2.07. The topological polar surface area (TPSA) is 96.3 Å². The van der Waals surface area contributed by atoms with Gasteiger partial charge in [0.2, 0.25) is 5.91 Å². The lowest BCUT2D eigenvalue weighted by Crippen LogP contribution is -2.32. The van der Waals surface area contributed by atoms with E-state index in [1.165, 1.54) is 20.1 Å².